The van der Waals surface area contributed by atoms with E-state index in [2.05, 4.69) is 0 Å². The summed E-state index contributed by atoms with van der Waals surface area (Å²) in [4.78, 5) is 50.3. The Labute approximate surface area is 169 Å². The van der Waals surface area contributed by atoms with Crippen molar-refractivity contribution in [2.24, 2.45) is 0 Å². The molecule has 29 heavy (non-hydrogen) atoms. The van der Waals surface area contributed by atoms with Crippen molar-refractivity contribution in [2.45, 2.75) is 51.1 Å². The number of hydrogen-bond donors (Lipinski definition) is 0. The van der Waals surface area contributed by atoms with Gasteiger partial charge in [-0.2, -0.15) is 0 Å². The highest BCUT2D eigenvalue weighted by Crippen LogP contribution is 2.29. The van der Waals surface area contributed by atoms with E-state index in [0.717, 1.165) is 16.7 Å². The van der Waals surface area contributed by atoms with Gasteiger partial charge in [-0.15, -0.1) is 0 Å². The van der Waals surface area contributed by atoms with Crippen LogP contribution in [0.1, 0.15) is 52.7 Å². The summed E-state index contributed by atoms with van der Waals surface area (Å²) in [5.41, 5.74) is 3.55. The van der Waals surface area contributed by atoms with Crippen LogP contribution in [0, 0.1) is 0 Å². The van der Waals surface area contributed by atoms with Gasteiger partial charge in [0.2, 0.25) is 0 Å². The summed E-state index contributed by atoms with van der Waals surface area (Å²) in [5.74, 6) is -0.154. The summed E-state index contributed by atoms with van der Waals surface area (Å²) in [5, 5.41) is 0. The predicted octanol–water partition coefficient (Wildman–Crippen LogP) is 3.08. The number of carbonyl (C=O) groups is 4. The Balaban J connectivity index is 1.39. The summed E-state index contributed by atoms with van der Waals surface area (Å²) in [7, 11) is 0. The van der Waals surface area contributed by atoms with Gasteiger partial charge in [0.15, 0.2) is 5.78 Å². The molecule has 0 aromatic heterocycles. The molecule has 1 aliphatic carbocycles. The fourth-order valence-electron chi connectivity index (χ4n) is 4.19. The number of fused-ring (bicyclic) bond motifs is 1. The average Bonchev–Trinajstić information content (AvgIpc) is 3.03. The Bertz CT molecular complexity index is 980. The van der Waals surface area contributed by atoms with Crippen molar-refractivity contribution in [2.75, 3.05) is 0 Å². The number of hydrogen-bond acceptors (Lipinski definition) is 4. The van der Waals surface area contributed by atoms with Crippen molar-refractivity contribution >= 4 is 23.3 Å². The first-order chi connectivity index (χ1) is 14.0. The van der Waals surface area contributed by atoms with Crippen molar-refractivity contribution in [3.05, 3.63) is 70.8 Å². The molecule has 1 atom stereocenters. The fraction of sp³-hybridized carbons (Fsp3) is 0.333. The Kier molecular flexibility index (Phi) is 5.38. The highest BCUT2D eigenvalue weighted by molar-refractivity contribution is 6.07. The number of Topliss-reactive ketones (excluding diaryl/α,β-unsaturated/α-hetero) is 3. The molecule has 2 aromatic rings. The van der Waals surface area contributed by atoms with Gasteiger partial charge in [0.05, 0.1) is 12.5 Å². The fourth-order valence-corrected chi connectivity index (χ4v) is 4.19. The van der Waals surface area contributed by atoms with Crippen LogP contribution in [0.15, 0.2) is 48.5 Å². The third-order valence-electron chi connectivity index (χ3n) is 5.75. The lowest BCUT2D eigenvalue weighted by Crippen LogP contribution is -2.44. The predicted molar refractivity (Wildman–Crippen MR) is 107 cm³/mol. The first kappa shape index (κ1) is 19.2. The van der Waals surface area contributed by atoms with Gasteiger partial charge in [0, 0.05) is 31.4 Å². The molecule has 148 valence electrons. The molecule has 0 saturated heterocycles. The van der Waals surface area contributed by atoms with E-state index in [-0.39, 0.29) is 29.7 Å². The number of rotatable bonds is 6. The molecule has 1 heterocycles. The minimum atomic E-state index is -0.497. The second-order valence-corrected chi connectivity index (χ2v) is 7.86. The van der Waals surface area contributed by atoms with Gasteiger partial charge in [-0.1, -0.05) is 42.5 Å². The van der Waals surface area contributed by atoms with Gasteiger partial charge < -0.3 is 4.90 Å². The molecule has 2 aromatic carbocycles. The van der Waals surface area contributed by atoms with Gasteiger partial charge in [-0.3, -0.25) is 19.2 Å². The van der Waals surface area contributed by atoms with E-state index in [1.165, 1.54) is 0 Å². The Morgan fingerprint density at radius 1 is 1.00 bits per heavy atom. The Morgan fingerprint density at radius 3 is 2.55 bits per heavy atom. The summed E-state index contributed by atoms with van der Waals surface area (Å²) < 4.78 is 0. The van der Waals surface area contributed by atoms with E-state index in [9.17, 15) is 19.2 Å². The topological polar surface area (TPSA) is 71.5 Å². The van der Waals surface area contributed by atoms with Crippen molar-refractivity contribution in [3.63, 3.8) is 0 Å². The van der Waals surface area contributed by atoms with Crippen molar-refractivity contribution < 1.29 is 19.2 Å². The normalized spacial score (nSPS) is 18.8. The molecule has 5 heteroatoms. The minimum Gasteiger partial charge on any atom is -0.324 e. The molecule has 0 bridgehead atoms. The highest BCUT2D eigenvalue weighted by atomic mass is 16.2. The van der Waals surface area contributed by atoms with E-state index in [0.29, 0.717) is 44.2 Å². The minimum absolute atomic E-state index is 0.0436. The van der Waals surface area contributed by atoms with E-state index in [4.69, 9.17) is 0 Å². The molecule has 0 N–H and O–H groups in total. The lowest BCUT2D eigenvalue weighted by Gasteiger charge is -2.29. The zero-order chi connectivity index (χ0) is 20.4. The van der Waals surface area contributed by atoms with Crippen LogP contribution in [-0.4, -0.2) is 34.2 Å². The number of carbonyl (C=O) groups excluding carboxylic acids is 4. The maximum Gasteiger partial charge on any atom is 0.255 e. The first-order valence-electron chi connectivity index (χ1n) is 10.0. The number of benzene rings is 2. The molecule has 5 nitrogen and oxygen atoms in total. The van der Waals surface area contributed by atoms with Crippen LogP contribution >= 0.6 is 0 Å². The molecule has 1 fully saturated rings. The van der Waals surface area contributed by atoms with Crippen LogP contribution in [0.4, 0.5) is 0 Å². The molecule has 0 radical (unpaired) electrons. The van der Waals surface area contributed by atoms with Crippen molar-refractivity contribution in [1.29, 1.82) is 0 Å². The van der Waals surface area contributed by atoms with Gasteiger partial charge in [0.25, 0.3) is 5.91 Å². The van der Waals surface area contributed by atoms with E-state index < -0.39 is 6.04 Å². The number of amides is 1. The number of nitrogens with zero attached hydrogens (tertiary/aromatic N) is 1. The van der Waals surface area contributed by atoms with Crippen molar-refractivity contribution in [3.8, 4) is 0 Å². The molecule has 1 aliphatic heterocycles. The summed E-state index contributed by atoms with van der Waals surface area (Å²) in [6.07, 6.45) is 2.21. The zero-order valence-corrected chi connectivity index (χ0v) is 16.2. The van der Waals surface area contributed by atoms with Gasteiger partial charge in [-0.05, 0) is 35.6 Å². The first-order valence-corrected chi connectivity index (χ1v) is 10.0. The monoisotopic (exact) mass is 389 g/mol. The quantitative estimate of drug-likeness (QED) is 0.712. The molecule has 0 spiro atoms. The lowest BCUT2D eigenvalue weighted by molar-refractivity contribution is -0.133. The maximum absolute atomic E-state index is 12.7. The Morgan fingerprint density at radius 2 is 1.79 bits per heavy atom. The SMILES string of the molecule is O=C1CCC(N2Cc3cc(CCC(=O)Cc4ccccc4)ccc3C2=O)C(=O)C1. The average molecular weight is 389 g/mol. The largest absolute Gasteiger partial charge is 0.324 e. The van der Waals surface area contributed by atoms with Crippen LogP contribution in [0.2, 0.25) is 0 Å². The van der Waals surface area contributed by atoms with E-state index >= 15 is 0 Å². The second-order valence-electron chi connectivity index (χ2n) is 7.86. The lowest BCUT2D eigenvalue weighted by atomic mass is 9.92. The van der Waals surface area contributed by atoms with Gasteiger partial charge in [0.1, 0.15) is 11.6 Å². The van der Waals surface area contributed by atoms with Gasteiger partial charge >= 0.3 is 0 Å². The molecular weight excluding hydrogens is 366 g/mol. The van der Waals surface area contributed by atoms with Crippen molar-refractivity contribution in [1.82, 2.24) is 4.90 Å². The summed E-state index contributed by atoms with van der Waals surface area (Å²) >= 11 is 0. The molecule has 2 aliphatic rings. The van der Waals surface area contributed by atoms with Crippen LogP contribution in [0.3, 0.4) is 0 Å². The highest BCUT2D eigenvalue weighted by Gasteiger charge is 2.38. The van der Waals surface area contributed by atoms with Gasteiger partial charge in [-0.25, -0.2) is 0 Å². The molecule has 4 rings (SSSR count). The molecule has 1 amide bonds. The third-order valence-corrected chi connectivity index (χ3v) is 5.75. The van der Waals surface area contributed by atoms with E-state index in [1.54, 1.807) is 11.0 Å². The molecule has 1 saturated carbocycles. The number of aryl methyl sites for hydroxylation is 1. The Hall–Kier alpha value is -3.08. The van der Waals surface area contributed by atoms with Crippen LogP contribution < -0.4 is 0 Å². The van der Waals surface area contributed by atoms with Crippen LogP contribution in [0.5, 0.6) is 0 Å². The number of ketones is 3. The van der Waals surface area contributed by atoms with E-state index in [1.807, 2.05) is 42.5 Å². The zero-order valence-electron chi connectivity index (χ0n) is 16.2. The summed E-state index contributed by atoms with van der Waals surface area (Å²) in [6, 6.07) is 14.9. The van der Waals surface area contributed by atoms with Crippen LogP contribution in [0.25, 0.3) is 0 Å². The molecule has 1 unspecified atom stereocenters. The summed E-state index contributed by atoms with van der Waals surface area (Å²) in [6.45, 7) is 0.393. The smallest absolute Gasteiger partial charge is 0.255 e. The third kappa shape index (κ3) is 4.19. The maximum atomic E-state index is 12.7. The van der Waals surface area contributed by atoms with Crippen LogP contribution in [-0.2, 0) is 33.8 Å². The standard InChI is InChI=1S/C24H23NO4/c26-19(13-16-4-2-1-3-5-16)8-6-17-7-10-21-18(12-17)15-25(24(21)29)22-11-9-20(27)14-23(22)28/h1-5,7,10,12,22H,6,8-9,11,13-15H2. The second kappa shape index (κ2) is 8.11. The molecular formula is C24H23NO4.